The molecule has 1 aromatic carbocycles. The molecule has 0 aromatic heterocycles. The zero-order chi connectivity index (χ0) is 10.2. The van der Waals surface area contributed by atoms with Gasteiger partial charge in [0.15, 0.2) is 0 Å². The van der Waals surface area contributed by atoms with Crippen molar-refractivity contribution in [1.82, 2.24) is 0 Å². The van der Waals surface area contributed by atoms with Gasteiger partial charge in [-0.3, -0.25) is 0 Å². The normalized spacial score (nSPS) is 8.57. The first-order valence-electron chi connectivity index (χ1n) is 4.32. The lowest BCUT2D eigenvalue weighted by molar-refractivity contribution is 1.04. The van der Waals surface area contributed by atoms with Crippen molar-refractivity contribution in [3.63, 3.8) is 0 Å². The van der Waals surface area contributed by atoms with Crippen LogP contribution < -0.4 is 0 Å². The smallest absolute Gasteiger partial charge is 0.0734 e. The monoisotopic (exact) mass is 184 g/mol. The molecule has 0 heterocycles. The fraction of sp³-hybridized carbons (Fsp3) is 0.167. The van der Waals surface area contributed by atoms with Crippen molar-refractivity contribution < 1.29 is 0 Å². The van der Waals surface area contributed by atoms with E-state index in [1.807, 2.05) is 18.2 Å². The van der Waals surface area contributed by atoms with Crippen molar-refractivity contribution in [3.8, 4) is 0 Å². The van der Waals surface area contributed by atoms with Crippen LogP contribution in [0.25, 0.3) is 0 Å². The highest BCUT2D eigenvalue weighted by Crippen LogP contribution is 2.07. The fourth-order valence-electron chi connectivity index (χ4n) is 1.12. The quantitative estimate of drug-likeness (QED) is 0.642. The molecule has 2 nitrogen and oxygen atoms in total. The zero-order valence-electron chi connectivity index (χ0n) is 8.03. The summed E-state index contributed by atoms with van der Waals surface area (Å²) in [6, 6.07) is 8.08. The van der Waals surface area contributed by atoms with Crippen LogP contribution >= 0.6 is 0 Å². The van der Waals surface area contributed by atoms with E-state index in [1.54, 1.807) is 0 Å². The molecule has 1 aromatic rings. The van der Waals surface area contributed by atoms with Crippen LogP contribution in [-0.4, -0.2) is 11.7 Å². The summed E-state index contributed by atoms with van der Waals surface area (Å²) < 4.78 is 0. The Morgan fingerprint density at radius 2 is 1.50 bits per heavy atom. The molecule has 0 bridgehead atoms. The second kappa shape index (κ2) is 5.71. The first-order chi connectivity index (χ1) is 6.86. The average molecular weight is 184 g/mol. The van der Waals surface area contributed by atoms with E-state index in [4.69, 9.17) is 0 Å². The van der Waals surface area contributed by atoms with Crippen LogP contribution in [0.1, 0.15) is 11.1 Å². The molecule has 0 aliphatic carbocycles. The van der Waals surface area contributed by atoms with Crippen LogP contribution in [0, 0.1) is 0 Å². The highest BCUT2D eigenvalue weighted by atomic mass is 14.7. The van der Waals surface area contributed by atoms with E-state index < -0.39 is 0 Å². The van der Waals surface area contributed by atoms with E-state index in [1.165, 1.54) is 0 Å². The van der Waals surface area contributed by atoms with Crippen molar-refractivity contribution in [2.45, 2.75) is 13.1 Å². The Morgan fingerprint density at radius 1 is 1.00 bits per heavy atom. The van der Waals surface area contributed by atoms with Gasteiger partial charge in [0.25, 0.3) is 0 Å². The van der Waals surface area contributed by atoms with Crippen LogP contribution in [0.2, 0.25) is 0 Å². The highest BCUT2D eigenvalue weighted by Gasteiger charge is 1.93. The number of hydrogen-bond donors (Lipinski definition) is 0. The lowest BCUT2D eigenvalue weighted by Crippen LogP contribution is -1.85. The minimum Gasteiger partial charge on any atom is -0.239 e. The molecule has 0 aliphatic heterocycles. The highest BCUT2D eigenvalue weighted by molar-refractivity contribution is 5.47. The summed E-state index contributed by atoms with van der Waals surface area (Å²) in [5.41, 5.74) is 2.27. The molecule has 14 heavy (non-hydrogen) atoms. The van der Waals surface area contributed by atoms with Crippen molar-refractivity contribution >= 4 is 11.7 Å². The second-order valence-corrected chi connectivity index (χ2v) is 2.77. The zero-order valence-corrected chi connectivity index (χ0v) is 8.03. The largest absolute Gasteiger partial charge is 0.239 e. The van der Waals surface area contributed by atoms with Gasteiger partial charge in [0.2, 0.25) is 0 Å². The first-order valence-corrected chi connectivity index (χ1v) is 4.32. The summed E-state index contributed by atoms with van der Waals surface area (Å²) in [5.74, 6) is 5.02. The Hall–Kier alpha value is -1.88. The fourth-order valence-corrected chi connectivity index (χ4v) is 1.12. The molecule has 0 N–H and O–H groups in total. The Labute approximate surface area is 84.0 Å². The van der Waals surface area contributed by atoms with Gasteiger partial charge in [-0.05, 0) is 36.0 Å². The summed E-state index contributed by atoms with van der Waals surface area (Å²) in [5, 5.41) is 0. The Kier molecular flexibility index (Phi) is 4.16. The number of benzene rings is 1. The molecule has 0 amide bonds. The Bertz CT molecular complexity index is 359. The van der Waals surface area contributed by atoms with Crippen LogP contribution in [0.3, 0.4) is 0 Å². The van der Waals surface area contributed by atoms with Crippen molar-refractivity contribution in [3.05, 3.63) is 48.6 Å². The molecular formula is C12H12N2. The lowest BCUT2D eigenvalue weighted by Gasteiger charge is -1.98. The van der Waals surface area contributed by atoms with Crippen LogP contribution in [0.5, 0.6) is 0 Å². The van der Waals surface area contributed by atoms with Crippen LogP contribution in [0.15, 0.2) is 47.4 Å². The lowest BCUT2D eigenvalue weighted by atomic mass is 10.1. The summed E-state index contributed by atoms with van der Waals surface area (Å²) in [4.78, 5) is 7.89. The van der Waals surface area contributed by atoms with Gasteiger partial charge < -0.3 is 0 Å². The molecular weight excluding hydrogens is 172 g/mol. The van der Waals surface area contributed by atoms with E-state index in [-0.39, 0.29) is 0 Å². The molecule has 0 spiro atoms. The molecule has 0 atom stereocenters. The van der Waals surface area contributed by atoms with E-state index in [0.29, 0.717) is 13.1 Å². The molecule has 0 radical (unpaired) electrons. The predicted octanol–water partition coefficient (Wildman–Crippen LogP) is 2.40. The van der Waals surface area contributed by atoms with E-state index in [9.17, 15) is 0 Å². The molecule has 1 rings (SSSR count). The average Bonchev–Trinajstić information content (AvgIpc) is 2.24. The number of aliphatic imine (C=N–C) groups is 2. The summed E-state index contributed by atoms with van der Waals surface area (Å²) in [7, 11) is 0. The third kappa shape index (κ3) is 3.24. The van der Waals surface area contributed by atoms with E-state index in [0.717, 1.165) is 11.1 Å². The summed E-state index contributed by atoms with van der Waals surface area (Å²) >= 11 is 0. The minimum absolute atomic E-state index is 0.620. The summed E-state index contributed by atoms with van der Waals surface area (Å²) in [6.45, 7) is 8.08. The van der Waals surface area contributed by atoms with Gasteiger partial charge >= 0.3 is 0 Å². The topological polar surface area (TPSA) is 24.7 Å². The number of rotatable bonds is 4. The minimum atomic E-state index is 0.620. The molecule has 0 saturated heterocycles. The maximum Gasteiger partial charge on any atom is 0.0734 e. The first kappa shape index (κ1) is 10.2. The van der Waals surface area contributed by atoms with Gasteiger partial charge in [-0.15, -0.1) is 0 Å². The maximum atomic E-state index is 3.94. The molecule has 2 heteroatoms. The number of hydrogen-bond acceptors (Lipinski definition) is 2. The standard InChI is InChI=1S/C12H12N2/c1-3-13-9-11-6-5-7-12(8-11)10-14-4-2/h5-8H,1-2,9-10H2. The van der Waals surface area contributed by atoms with Crippen LogP contribution in [-0.2, 0) is 13.1 Å². The van der Waals surface area contributed by atoms with Crippen molar-refractivity contribution in [2.75, 3.05) is 0 Å². The van der Waals surface area contributed by atoms with Crippen LogP contribution in [0.4, 0.5) is 0 Å². The van der Waals surface area contributed by atoms with Crippen molar-refractivity contribution in [2.24, 2.45) is 9.98 Å². The van der Waals surface area contributed by atoms with Gasteiger partial charge in [0, 0.05) is 0 Å². The number of nitrogens with zero attached hydrogens (tertiary/aromatic N) is 2. The summed E-state index contributed by atoms with van der Waals surface area (Å²) in [6.07, 6.45) is 0. The van der Waals surface area contributed by atoms with Crippen molar-refractivity contribution in [1.29, 1.82) is 0 Å². The van der Waals surface area contributed by atoms with Gasteiger partial charge in [-0.1, -0.05) is 24.3 Å². The molecule has 0 unspecified atom stereocenters. The van der Waals surface area contributed by atoms with Gasteiger partial charge in [0.05, 0.1) is 13.1 Å². The predicted molar refractivity (Wildman–Crippen MR) is 60.0 cm³/mol. The maximum absolute atomic E-state index is 3.94. The molecule has 70 valence electrons. The third-order valence-electron chi connectivity index (χ3n) is 1.74. The van der Waals surface area contributed by atoms with Gasteiger partial charge in [-0.25, -0.2) is 9.98 Å². The van der Waals surface area contributed by atoms with Gasteiger partial charge in [-0.2, -0.15) is 0 Å². The van der Waals surface area contributed by atoms with Gasteiger partial charge in [0.1, 0.15) is 0 Å². The second-order valence-electron chi connectivity index (χ2n) is 2.77. The molecule has 0 aliphatic rings. The third-order valence-corrected chi connectivity index (χ3v) is 1.74. The van der Waals surface area contributed by atoms with E-state index in [2.05, 4.69) is 40.9 Å². The Morgan fingerprint density at radius 3 is 1.93 bits per heavy atom. The molecule has 0 fully saturated rings. The molecule has 0 saturated carbocycles. The van der Waals surface area contributed by atoms with E-state index >= 15 is 0 Å². The SMILES string of the molecule is C=C=NCc1cccc(CN=C=C)c1. The Balaban J connectivity index is 2.77.